The second-order valence-electron chi connectivity index (χ2n) is 4.32. The van der Waals surface area contributed by atoms with Gasteiger partial charge >= 0.3 is 0 Å². The largest absolute Gasteiger partial charge is 0.349 e. The Morgan fingerprint density at radius 2 is 2.36 bits per heavy atom. The lowest BCUT2D eigenvalue weighted by molar-refractivity contribution is -0.127. The SMILES string of the molecule is O=C(NC1(CCl)CCC1)C1CCSC1. The first-order valence-electron chi connectivity index (χ1n) is 5.21. The molecular weight excluding hydrogens is 218 g/mol. The van der Waals surface area contributed by atoms with Crippen LogP contribution in [0.25, 0.3) is 0 Å². The first kappa shape index (κ1) is 10.6. The summed E-state index contributed by atoms with van der Waals surface area (Å²) in [6.07, 6.45) is 4.35. The van der Waals surface area contributed by atoms with Crippen molar-refractivity contribution in [3.05, 3.63) is 0 Å². The minimum Gasteiger partial charge on any atom is -0.349 e. The van der Waals surface area contributed by atoms with Crippen molar-refractivity contribution in [2.24, 2.45) is 5.92 Å². The zero-order valence-electron chi connectivity index (χ0n) is 8.22. The predicted molar refractivity (Wildman–Crippen MR) is 60.9 cm³/mol. The third-order valence-electron chi connectivity index (χ3n) is 3.26. The van der Waals surface area contributed by atoms with Gasteiger partial charge in [0.25, 0.3) is 0 Å². The first-order valence-corrected chi connectivity index (χ1v) is 6.90. The quantitative estimate of drug-likeness (QED) is 0.756. The van der Waals surface area contributed by atoms with Crippen LogP contribution < -0.4 is 5.32 Å². The second kappa shape index (κ2) is 4.31. The number of halogens is 1. The summed E-state index contributed by atoms with van der Waals surface area (Å²) in [4.78, 5) is 11.8. The third-order valence-corrected chi connectivity index (χ3v) is 4.93. The number of carbonyl (C=O) groups is 1. The molecule has 1 aliphatic heterocycles. The van der Waals surface area contributed by atoms with Crippen molar-refractivity contribution in [2.45, 2.75) is 31.2 Å². The molecule has 1 saturated heterocycles. The lowest BCUT2D eigenvalue weighted by Gasteiger charge is -2.41. The van der Waals surface area contributed by atoms with Crippen molar-refractivity contribution in [2.75, 3.05) is 17.4 Å². The Bertz CT molecular complexity index is 219. The molecule has 2 rings (SSSR count). The predicted octanol–water partition coefficient (Wildman–Crippen LogP) is 2.02. The van der Waals surface area contributed by atoms with E-state index in [-0.39, 0.29) is 17.4 Å². The molecule has 1 amide bonds. The van der Waals surface area contributed by atoms with Gasteiger partial charge in [0.2, 0.25) is 5.91 Å². The van der Waals surface area contributed by atoms with Crippen LogP contribution in [-0.4, -0.2) is 28.8 Å². The Labute approximate surface area is 94.1 Å². The van der Waals surface area contributed by atoms with E-state index in [2.05, 4.69) is 5.32 Å². The highest BCUT2D eigenvalue weighted by Crippen LogP contribution is 2.34. The van der Waals surface area contributed by atoms with Crippen LogP contribution in [-0.2, 0) is 4.79 Å². The molecule has 0 aromatic rings. The minimum absolute atomic E-state index is 0.0497. The monoisotopic (exact) mass is 233 g/mol. The Balaban J connectivity index is 1.86. The highest BCUT2D eigenvalue weighted by molar-refractivity contribution is 7.99. The molecule has 1 N–H and O–H groups in total. The number of thioether (sulfide) groups is 1. The summed E-state index contributed by atoms with van der Waals surface area (Å²) >= 11 is 7.77. The van der Waals surface area contributed by atoms with Crippen molar-refractivity contribution in [3.63, 3.8) is 0 Å². The number of carbonyl (C=O) groups excluding carboxylic acids is 1. The number of hydrogen-bond acceptors (Lipinski definition) is 2. The number of alkyl halides is 1. The molecule has 2 aliphatic rings. The second-order valence-corrected chi connectivity index (χ2v) is 5.73. The normalized spacial score (nSPS) is 29.6. The van der Waals surface area contributed by atoms with E-state index in [0.717, 1.165) is 30.8 Å². The van der Waals surface area contributed by atoms with Crippen LogP contribution in [0.15, 0.2) is 0 Å². The maximum atomic E-state index is 11.8. The van der Waals surface area contributed by atoms with Crippen molar-refractivity contribution >= 4 is 29.3 Å². The fraction of sp³-hybridized carbons (Fsp3) is 0.900. The molecule has 1 aliphatic carbocycles. The van der Waals surface area contributed by atoms with E-state index in [4.69, 9.17) is 11.6 Å². The summed E-state index contributed by atoms with van der Waals surface area (Å²) in [7, 11) is 0. The van der Waals surface area contributed by atoms with E-state index < -0.39 is 0 Å². The summed E-state index contributed by atoms with van der Waals surface area (Å²) in [5.74, 6) is 3.16. The zero-order valence-corrected chi connectivity index (χ0v) is 9.79. The van der Waals surface area contributed by atoms with E-state index in [1.165, 1.54) is 6.42 Å². The van der Waals surface area contributed by atoms with Gasteiger partial charge in [0.05, 0.1) is 5.54 Å². The number of rotatable bonds is 3. The molecule has 14 heavy (non-hydrogen) atoms. The van der Waals surface area contributed by atoms with Crippen LogP contribution in [0, 0.1) is 5.92 Å². The molecule has 0 aromatic carbocycles. The zero-order chi connectivity index (χ0) is 10.0. The summed E-state index contributed by atoms with van der Waals surface area (Å²) in [6, 6.07) is 0. The Hall–Kier alpha value is 0.110. The molecule has 0 aromatic heterocycles. The standard InChI is InChI=1S/C10H16ClNOS/c11-7-10(3-1-4-10)12-9(13)8-2-5-14-6-8/h8H,1-7H2,(H,12,13). The maximum absolute atomic E-state index is 11.8. The van der Waals surface area contributed by atoms with E-state index in [9.17, 15) is 4.79 Å². The van der Waals surface area contributed by atoms with Gasteiger partial charge in [-0.05, 0) is 31.4 Å². The molecule has 1 heterocycles. The van der Waals surface area contributed by atoms with Crippen LogP contribution in [0.1, 0.15) is 25.7 Å². The average Bonchev–Trinajstić information content (AvgIpc) is 2.63. The van der Waals surface area contributed by atoms with E-state index in [1.54, 1.807) is 0 Å². The van der Waals surface area contributed by atoms with Crippen molar-refractivity contribution in [1.29, 1.82) is 0 Å². The van der Waals surface area contributed by atoms with E-state index in [0.29, 0.717) is 5.88 Å². The highest BCUT2D eigenvalue weighted by atomic mass is 35.5. The Morgan fingerprint density at radius 3 is 2.79 bits per heavy atom. The fourth-order valence-corrected chi connectivity index (χ4v) is 3.55. The van der Waals surface area contributed by atoms with E-state index >= 15 is 0 Å². The molecule has 0 spiro atoms. The molecule has 0 radical (unpaired) electrons. The number of amides is 1. The van der Waals surface area contributed by atoms with E-state index in [1.807, 2.05) is 11.8 Å². The summed E-state index contributed by atoms with van der Waals surface area (Å²) in [5, 5.41) is 3.14. The molecule has 0 bridgehead atoms. The molecule has 2 fully saturated rings. The Morgan fingerprint density at radius 1 is 1.57 bits per heavy atom. The van der Waals surface area contributed by atoms with Gasteiger partial charge in [-0.25, -0.2) is 0 Å². The summed E-state index contributed by atoms with van der Waals surface area (Å²) in [6.45, 7) is 0. The van der Waals surface area contributed by atoms with Crippen LogP contribution in [0.5, 0.6) is 0 Å². The molecule has 80 valence electrons. The van der Waals surface area contributed by atoms with Gasteiger partial charge in [0.15, 0.2) is 0 Å². The van der Waals surface area contributed by atoms with Gasteiger partial charge in [-0.2, -0.15) is 11.8 Å². The van der Waals surface area contributed by atoms with Crippen molar-refractivity contribution < 1.29 is 4.79 Å². The lowest BCUT2D eigenvalue weighted by atomic mass is 9.78. The van der Waals surface area contributed by atoms with Crippen LogP contribution in [0.4, 0.5) is 0 Å². The van der Waals surface area contributed by atoms with Gasteiger partial charge in [0, 0.05) is 17.6 Å². The van der Waals surface area contributed by atoms with Gasteiger partial charge in [0.1, 0.15) is 0 Å². The lowest BCUT2D eigenvalue weighted by Crippen LogP contribution is -2.56. The van der Waals surface area contributed by atoms with Crippen LogP contribution >= 0.6 is 23.4 Å². The minimum atomic E-state index is -0.0497. The first-order chi connectivity index (χ1) is 6.76. The summed E-state index contributed by atoms with van der Waals surface area (Å²) in [5.41, 5.74) is -0.0497. The van der Waals surface area contributed by atoms with Gasteiger partial charge in [-0.15, -0.1) is 11.6 Å². The smallest absolute Gasteiger partial charge is 0.224 e. The topological polar surface area (TPSA) is 29.1 Å². The van der Waals surface area contributed by atoms with Crippen LogP contribution in [0.3, 0.4) is 0 Å². The molecule has 1 unspecified atom stereocenters. The fourth-order valence-electron chi connectivity index (χ4n) is 2.00. The average molecular weight is 234 g/mol. The summed E-state index contributed by atoms with van der Waals surface area (Å²) < 4.78 is 0. The molecular formula is C10H16ClNOS. The Kier molecular flexibility index (Phi) is 3.27. The molecule has 2 nitrogen and oxygen atoms in total. The molecule has 4 heteroatoms. The van der Waals surface area contributed by atoms with Crippen LogP contribution in [0.2, 0.25) is 0 Å². The van der Waals surface area contributed by atoms with Crippen molar-refractivity contribution in [1.82, 2.24) is 5.32 Å². The molecule has 1 saturated carbocycles. The maximum Gasteiger partial charge on any atom is 0.224 e. The van der Waals surface area contributed by atoms with Gasteiger partial charge in [-0.1, -0.05) is 0 Å². The van der Waals surface area contributed by atoms with Crippen molar-refractivity contribution in [3.8, 4) is 0 Å². The highest BCUT2D eigenvalue weighted by Gasteiger charge is 2.39. The van der Waals surface area contributed by atoms with Gasteiger partial charge in [-0.3, -0.25) is 4.79 Å². The number of hydrogen-bond donors (Lipinski definition) is 1. The van der Waals surface area contributed by atoms with Gasteiger partial charge < -0.3 is 5.32 Å². The molecule has 1 atom stereocenters. The number of nitrogens with one attached hydrogen (secondary N) is 1. The third kappa shape index (κ3) is 2.03.